The average Bonchev–Trinajstić information content (AvgIpc) is 2.84. The van der Waals surface area contributed by atoms with Gasteiger partial charge in [-0.25, -0.2) is 9.67 Å². The molecule has 0 bridgehead atoms. The summed E-state index contributed by atoms with van der Waals surface area (Å²) < 4.78 is 1.52. The van der Waals surface area contributed by atoms with Gasteiger partial charge in [0.15, 0.2) is 11.9 Å². The van der Waals surface area contributed by atoms with Crippen molar-refractivity contribution in [2.75, 3.05) is 0 Å². The minimum absolute atomic E-state index is 0.0136. The van der Waals surface area contributed by atoms with Crippen LogP contribution in [0.2, 0.25) is 5.02 Å². The number of aromatic nitrogens is 3. The number of hydrogen-bond donors (Lipinski definition) is 1. The number of nitrogens with zero attached hydrogens (tertiary/aromatic N) is 3. The highest BCUT2D eigenvalue weighted by atomic mass is 35.5. The number of pyridine rings is 1. The summed E-state index contributed by atoms with van der Waals surface area (Å²) >= 11 is 6.03. The fourth-order valence-electron chi connectivity index (χ4n) is 1.81. The van der Waals surface area contributed by atoms with Crippen LogP contribution in [0.3, 0.4) is 0 Å². The molecule has 0 amide bonds. The number of benzene rings is 1. The van der Waals surface area contributed by atoms with E-state index < -0.39 is 0 Å². The second-order valence-electron chi connectivity index (χ2n) is 3.98. The topological polar surface area (TPSA) is 68.0 Å². The summed E-state index contributed by atoms with van der Waals surface area (Å²) in [5, 5.41) is 14.8. The molecule has 19 heavy (non-hydrogen) atoms. The van der Waals surface area contributed by atoms with Crippen LogP contribution < -0.4 is 0 Å². The standard InChI is InChI=1S/C13H8ClN3O2/c14-12-10(2-1-3-11(12)19)17-6-9-4-8(7-18)5-15-13(9)16-17/h1-7,19H. The summed E-state index contributed by atoms with van der Waals surface area (Å²) in [7, 11) is 0. The van der Waals surface area contributed by atoms with Gasteiger partial charge in [0.1, 0.15) is 10.8 Å². The number of hydrogen-bond acceptors (Lipinski definition) is 4. The number of phenols is 1. The van der Waals surface area contributed by atoms with Gasteiger partial charge >= 0.3 is 0 Å². The molecule has 0 aliphatic rings. The highest BCUT2D eigenvalue weighted by molar-refractivity contribution is 6.33. The van der Waals surface area contributed by atoms with E-state index in [1.807, 2.05) is 0 Å². The van der Waals surface area contributed by atoms with Gasteiger partial charge in [-0.2, -0.15) is 0 Å². The molecule has 3 aromatic rings. The lowest BCUT2D eigenvalue weighted by atomic mass is 10.2. The zero-order chi connectivity index (χ0) is 13.4. The molecule has 0 aliphatic carbocycles. The number of carbonyl (C=O) groups is 1. The van der Waals surface area contributed by atoms with E-state index >= 15 is 0 Å². The van der Waals surface area contributed by atoms with Gasteiger partial charge in [0.2, 0.25) is 0 Å². The van der Waals surface area contributed by atoms with Gasteiger partial charge in [-0.15, -0.1) is 5.10 Å². The van der Waals surface area contributed by atoms with Crippen LogP contribution in [-0.4, -0.2) is 26.2 Å². The van der Waals surface area contributed by atoms with E-state index in [1.54, 1.807) is 24.4 Å². The van der Waals surface area contributed by atoms with Crippen molar-refractivity contribution in [2.24, 2.45) is 0 Å². The van der Waals surface area contributed by atoms with Crippen LogP contribution in [0, 0.1) is 0 Å². The molecule has 0 saturated carbocycles. The Morgan fingerprint density at radius 1 is 1.37 bits per heavy atom. The number of aldehydes is 1. The van der Waals surface area contributed by atoms with Gasteiger partial charge in [0, 0.05) is 23.3 Å². The van der Waals surface area contributed by atoms with Gasteiger partial charge in [-0.05, 0) is 18.2 Å². The summed E-state index contributed by atoms with van der Waals surface area (Å²) in [5.41, 5.74) is 1.53. The maximum Gasteiger partial charge on any atom is 0.181 e. The summed E-state index contributed by atoms with van der Waals surface area (Å²) in [6.07, 6.45) is 3.89. The van der Waals surface area contributed by atoms with Crippen molar-refractivity contribution in [3.8, 4) is 11.4 Å². The van der Waals surface area contributed by atoms with Crippen molar-refractivity contribution >= 4 is 28.9 Å². The second-order valence-corrected chi connectivity index (χ2v) is 4.36. The third-order valence-electron chi connectivity index (χ3n) is 2.72. The van der Waals surface area contributed by atoms with Crippen molar-refractivity contribution in [1.29, 1.82) is 0 Å². The quantitative estimate of drug-likeness (QED) is 0.729. The Morgan fingerprint density at radius 2 is 2.21 bits per heavy atom. The van der Waals surface area contributed by atoms with E-state index in [0.29, 0.717) is 16.9 Å². The van der Waals surface area contributed by atoms with Crippen molar-refractivity contribution in [2.45, 2.75) is 0 Å². The van der Waals surface area contributed by atoms with Crippen LogP contribution in [0.25, 0.3) is 16.7 Å². The Kier molecular flexibility index (Phi) is 2.68. The van der Waals surface area contributed by atoms with E-state index in [1.165, 1.54) is 16.9 Å². The molecule has 2 aromatic heterocycles. The minimum Gasteiger partial charge on any atom is -0.506 e. The molecule has 94 valence electrons. The molecule has 0 spiro atoms. The SMILES string of the molecule is O=Cc1cnc2nn(-c3cccc(O)c3Cl)cc2c1. The fraction of sp³-hybridized carbons (Fsp3) is 0. The zero-order valence-corrected chi connectivity index (χ0v) is 10.4. The summed E-state index contributed by atoms with van der Waals surface area (Å²) in [4.78, 5) is 14.8. The maximum atomic E-state index is 10.7. The lowest BCUT2D eigenvalue weighted by molar-refractivity contribution is 0.112. The molecular formula is C13H8ClN3O2. The predicted octanol–water partition coefficient (Wildman–Crippen LogP) is 2.59. The van der Waals surface area contributed by atoms with Gasteiger partial charge in [0.05, 0.1) is 5.69 Å². The molecule has 0 unspecified atom stereocenters. The summed E-state index contributed by atoms with van der Waals surface area (Å²) in [6.45, 7) is 0. The number of halogens is 1. The lowest BCUT2D eigenvalue weighted by Crippen LogP contribution is -1.95. The highest BCUT2D eigenvalue weighted by Crippen LogP contribution is 2.29. The van der Waals surface area contributed by atoms with Crippen LogP contribution in [0.15, 0.2) is 36.7 Å². The first-order chi connectivity index (χ1) is 9.19. The van der Waals surface area contributed by atoms with Gasteiger partial charge < -0.3 is 5.11 Å². The largest absolute Gasteiger partial charge is 0.506 e. The average molecular weight is 274 g/mol. The first-order valence-corrected chi connectivity index (χ1v) is 5.85. The van der Waals surface area contributed by atoms with Crippen LogP contribution in [0.4, 0.5) is 0 Å². The Morgan fingerprint density at radius 3 is 3.00 bits per heavy atom. The fourth-order valence-corrected chi connectivity index (χ4v) is 2.02. The monoisotopic (exact) mass is 273 g/mol. The van der Waals surface area contributed by atoms with Crippen molar-refractivity contribution in [1.82, 2.24) is 14.8 Å². The molecule has 0 saturated heterocycles. The number of fused-ring (bicyclic) bond motifs is 1. The third kappa shape index (κ3) is 1.94. The predicted molar refractivity (Wildman–Crippen MR) is 70.9 cm³/mol. The minimum atomic E-state index is -0.0136. The Balaban J connectivity index is 2.20. The normalized spacial score (nSPS) is 10.8. The van der Waals surface area contributed by atoms with Gasteiger partial charge in [0.25, 0.3) is 0 Å². The van der Waals surface area contributed by atoms with Crippen molar-refractivity contribution in [3.05, 3.63) is 47.2 Å². The van der Waals surface area contributed by atoms with E-state index in [4.69, 9.17) is 11.6 Å². The Hall–Kier alpha value is -2.40. The molecule has 6 heteroatoms. The molecule has 0 atom stereocenters. The first kappa shape index (κ1) is 11.7. The smallest absolute Gasteiger partial charge is 0.181 e. The van der Waals surface area contributed by atoms with Gasteiger partial charge in [-0.3, -0.25) is 4.79 Å². The highest BCUT2D eigenvalue weighted by Gasteiger charge is 2.10. The molecule has 3 rings (SSSR count). The summed E-state index contributed by atoms with van der Waals surface area (Å²) in [5.74, 6) is -0.0136. The Labute approximate surface area is 113 Å². The van der Waals surface area contributed by atoms with E-state index in [9.17, 15) is 9.90 Å². The van der Waals surface area contributed by atoms with Crippen LogP contribution in [-0.2, 0) is 0 Å². The van der Waals surface area contributed by atoms with Crippen LogP contribution >= 0.6 is 11.6 Å². The molecule has 0 fully saturated rings. The molecule has 5 nitrogen and oxygen atoms in total. The Bertz CT molecular complexity index is 783. The molecule has 0 radical (unpaired) electrons. The van der Waals surface area contributed by atoms with E-state index in [2.05, 4.69) is 10.1 Å². The second kappa shape index (κ2) is 4.37. The molecule has 2 heterocycles. The molecule has 1 aromatic carbocycles. The number of phenolic OH excluding ortho intramolecular Hbond substituents is 1. The number of carbonyl (C=O) groups excluding carboxylic acids is 1. The molecule has 0 aliphatic heterocycles. The van der Waals surface area contributed by atoms with Gasteiger partial charge in [-0.1, -0.05) is 17.7 Å². The number of rotatable bonds is 2. The van der Waals surface area contributed by atoms with Crippen LogP contribution in [0.5, 0.6) is 5.75 Å². The maximum absolute atomic E-state index is 10.7. The number of aromatic hydroxyl groups is 1. The first-order valence-electron chi connectivity index (χ1n) is 5.47. The van der Waals surface area contributed by atoms with E-state index in [0.717, 1.165) is 11.7 Å². The lowest BCUT2D eigenvalue weighted by Gasteiger charge is -2.04. The summed E-state index contributed by atoms with van der Waals surface area (Å²) in [6, 6.07) is 6.59. The third-order valence-corrected chi connectivity index (χ3v) is 3.11. The molecular weight excluding hydrogens is 266 g/mol. The van der Waals surface area contributed by atoms with Crippen molar-refractivity contribution in [3.63, 3.8) is 0 Å². The van der Waals surface area contributed by atoms with Crippen molar-refractivity contribution < 1.29 is 9.90 Å². The van der Waals surface area contributed by atoms with Crippen LogP contribution in [0.1, 0.15) is 10.4 Å². The van der Waals surface area contributed by atoms with E-state index in [-0.39, 0.29) is 10.8 Å². The zero-order valence-electron chi connectivity index (χ0n) is 9.62. The molecule has 1 N–H and O–H groups in total.